The van der Waals surface area contributed by atoms with Crippen molar-refractivity contribution in [3.05, 3.63) is 314 Å². The lowest BCUT2D eigenvalue weighted by atomic mass is 9.35. The first-order valence-corrected chi connectivity index (χ1v) is 30.6. The van der Waals surface area contributed by atoms with Gasteiger partial charge in [-0.3, -0.25) is 0 Å². The van der Waals surface area contributed by atoms with Crippen LogP contribution in [0, 0.1) is 23.3 Å². The quantitative estimate of drug-likeness (QED) is 0.0616. The van der Waals surface area contributed by atoms with Gasteiger partial charge in [0.15, 0.2) is 0 Å². The van der Waals surface area contributed by atoms with E-state index in [1.54, 1.807) is 0 Å². The summed E-state index contributed by atoms with van der Waals surface area (Å²) in [4.78, 5) is 0. The molecule has 18 aromatic carbocycles. The third-order valence-electron chi connectivity index (χ3n) is 19.3. The molecule has 0 fully saturated rings. The minimum atomic E-state index is -0.703. The van der Waals surface area contributed by atoms with Gasteiger partial charge in [-0.05, 0) is 202 Å². The summed E-state index contributed by atoms with van der Waals surface area (Å²) in [6.07, 6.45) is 0. The van der Waals surface area contributed by atoms with Crippen LogP contribution in [0.5, 0.6) is 0 Å². The van der Waals surface area contributed by atoms with Gasteiger partial charge in [-0.2, -0.15) is 0 Å². The van der Waals surface area contributed by atoms with E-state index in [0.717, 1.165) is 141 Å². The van der Waals surface area contributed by atoms with Crippen molar-refractivity contribution in [2.75, 3.05) is 0 Å². The molecule has 0 radical (unpaired) electrons. The third kappa shape index (κ3) is 8.32. The van der Waals surface area contributed by atoms with Crippen molar-refractivity contribution in [1.29, 1.82) is 0 Å². The predicted octanol–water partition coefficient (Wildman–Crippen LogP) is 18.7. The van der Waals surface area contributed by atoms with Crippen LogP contribution in [0.2, 0.25) is 0 Å². The first kappa shape index (κ1) is 52.1. The molecule has 0 atom stereocenters. The minimum Gasteiger partial charge on any atom is -0.206 e. The highest BCUT2D eigenvalue weighted by atomic mass is 19.1. The lowest BCUT2D eigenvalue weighted by Crippen LogP contribution is -2.52. The van der Waals surface area contributed by atoms with E-state index in [-0.39, 0.29) is 11.1 Å². The van der Waals surface area contributed by atoms with Crippen LogP contribution in [0.1, 0.15) is 0 Å². The molecule has 0 unspecified atom stereocenters. The fourth-order valence-corrected chi connectivity index (χ4v) is 15.1. The van der Waals surface area contributed by atoms with Gasteiger partial charge >= 0.3 is 0 Å². The Kier molecular flexibility index (Phi) is 11.7. The van der Waals surface area contributed by atoms with Crippen LogP contribution in [-0.4, -0.2) is 13.4 Å². The number of hydrogen-bond donors (Lipinski definition) is 0. The van der Waals surface area contributed by atoms with Crippen LogP contribution in [-0.2, 0) is 0 Å². The predicted molar refractivity (Wildman–Crippen MR) is 376 cm³/mol. The summed E-state index contributed by atoms with van der Waals surface area (Å²) >= 11 is 0. The standard InChI is InChI=1S/C84H48B2F4/c87-77-19-9-20-78(88)83(77)73-47-75(85(65-27-23-57-35-49-11-1-5-15-53(49)39-61(57)43-65)66-28-24-58-36-50-12-2-6-16-54(50)40-62(58)44-66)71-33-31-70-74(84-79(89)21-10-22-80(84)90)48-76(72-34-32-69(73)81(71)82(70)72)86(67-29-25-59-37-51-13-3-7-17-55(51)41-63(59)45-67)68-30-26-60-38-52-14-4-8-18-56(52)42-64(60)46-68/h1-48H. The van der Waals surface area contributed by atoms with Crippen molar-refractivity contribution in [3.8, 4) is 22.3 Å². The lowest BCUT2D eigenvalue weighted by Gasteiger charge is -2.26. The average molecular weight is 1150 g/mol. The van der Waals surface area contributed by atoms with Crippen LogP contribution in [0.25, 0.3) is 141 Å². The molecular weight excluding hydrogens is 1110 g/mol. The van der Waals surface area contributed by atoms with E-state index < -0.39 is 36.7 Å². The van der Waals surface area contributed by atoms with Crippen LogP contribution in [0.15, 0.2) is 291 Å². The zero-order valence-corrected chi connectivity index (χ0v) is 48.4. The van der Waals surface area contributed by atoms with Gasteiger partial charge in [0.2, 0.25) is 13.4 Å². The number of hydrogen-bond acceptors (Lipinski definition) is 0. The van der Waals surface area contributed by atoms with Crippen LogP contribution >= 0.6 is 0 Å². The molecule has 0 aliphatic rings. The summed E-state index contributed by atoms with van der Waals surface area (Å²) in [6, 6.07) is 98.1. The highest BCUT2D eigenvalue weighted by Crippen LogP contribution is 2.44. The molecule has 18 aromatic rings. The molecule has 0 saturated heterocycles. The molecule has 418 valence electrons. The molecule has 0 spiro atoms. The Morgan fingerprint density at radius 1 is 0.189 bits per heavy atom. The van der Waals surface area contributed by atoms with Crippen molar-refractivity contribution in [2.45, 2.75) is 0 Å². The van der Waals surface area contributed by atoms with Crippen molar-refractivity contribution < 1.29 is 17.6 Å². The smallest absolute Gasteiger partial charge is 0.206 e. The van der Waals surface area contributed by atoms with Gasteiger partial charge in [-0.1, -0.05) is 251 Å². The van der Waals surface area contributed by atoms with Crippen molar-refractivity contribution >= 4 is 165 Å². The maximum atomic E-state index is 17.1. The Morgan fingerprint density at radius 2 is 0.422 bits per heavy atom. The van der Waals surface area contributed by atoms with Crippen LogP contribution < -0.4 is 32.8 Å². The molecular formula is C84H48B2F4. The van der Waals surface area contributed by atoms with Crippen LogP contribution in [0.3, 0.4) is 0 Å². The van der Waals surface area contributed by atoms with E-state index in [2.05, 4.69) is 231 Å². The molecule has 18 rings (SSSR count). The summed E-state index contributed by atoms with van der Waals surface area (Å²) in [5.41, 5.74) is 5.99. The molecule has 0 aliphatic heterocycles. The molecule has 0 bridgehead atoms. The van der Waals surface area contributed by atoms with E-state index in [1.807, 2.05) is 24.3 Å². The monoisotopic (exact) mass is 1150 g/mol. The van der Waals surface area contributed by atoms with E-state index in [9.17, 15) is 0 Å². The molecule has 90 heavy (non-hydrogen) atoms. The van der Waals surface area contributed by atoms with E-state index in [4.69, 9.17) is 0 Å². The Labute approximate surface area is 516 Å². The summed E-state index contributed by atoms with van der Waals surface area (Å²) < 4.78 is 68.5. The number of rotatable bonds is 8. The first-order valence-electron chi connectivity index (χ1n) is 30.6. The van der Waals surface area contributed by atoms with Gasteiger partial charge in [0.05, 0.1) is 11.1 Å². The molecule has 0 heterocycles. The van der Waals surface area contributed by atoms with Gasteiger partial charge in [-0.25, -0.2) is 17.6 Å². The number of benzene rings is 18. The maximum Gasteiger partial charge on any atom is 0.242 e. The van der Waals surface area contributed by atoms with Gasteiger partial charge in [0.25, 0.3) is 0 Å². The SMILES string of the molecule is Fc1cccc(F)c1-c1cc(B(c2ccc3cc4ccccc4cc3c2)c2ccc3cc4ccccc4cc3c2)c2ccc3c(-c4c(F)cccc4F)cc(B(c4ccc5cc6ccccc6cc5c4)c4ccc5cc6ccccc6cc5c4)c4ccc1c2c43. The summed E-state index contributed by atoms with van der Waals surface area (Å²) in [5.74, 6) is -2.81. The second kappa shape index (κ2) is 20.2. The molecule has 6 heteroatoms. The minimum absolute atomic E-state index is 0.156. The Hall–Kier alpha value is -11.1. The maximum absolute atomic E-state index is 17.1. The van der Waals surface area contributed by atoms with Crippen molar-refractivity contribution in [3.63, 3.8) is 0 Å². The van der Waals surface area contributed by atoms with Gasteiger partial charge in [0.1, 0.15) is 23.3 Å². The van der Waals surface area contributed by atoms with Crippen LogP contribution in [0.4, 0.5) is 17.6 Å². The van der Waals surface area contributed by atoms with Crippen molar-refractivity contribution in [1.82, 2.24) is 0 Å². The largest absolute Gasteiger partial charge is 0.242 e. The fourth-order valence-electron chi connectivity index (χ4n) is 15.1. The van der Waals surface area contributed by atoms with E-state index >= 15 is 17.6 Å². The molecule has 0 saturated carbocycles. The number of fused-ring (bicyclic) bond motifs is 8. The highest BCUT2D eigenvalue weighted by molar-refractivity contribution is 6.98. The molecule has 0 nitrogen and oxygen atoms in total. The second-order valence-electron chi connectivity index (χ2n) is 24.4. The Morgan fingerprint density at radius 3 is 0.689 bits per heavy atom. The van der Waals surface area contributed by atoms with E-state index in [0.29, 0.717) is 21.9 Å². The fraction of sp³-hybridized carbons (Fsp3) is 0. The summed E-state index contributed by atoms with van der Waals surface area (Å²) in [5, 5.41) is 21.9. The van der Waals surface area contributed by atoms with Gasteiger partial charge in [0, 0.05) is 0 Å². The first-order chi connectivity index (χ1) is 44.2. The molecule has 0 N–H and O–H groups in total. The second-order valence-corrected chi connectivity index (χ2v) is 24.4. The lowest BCUT2D eigenvalue weighted by molar-refractivity contribution is 0.589. The zero-order valence-electron chi connectivity index (χ0n) is 48.4. The van der Waals surface area contributed by atoms with Crippen molar-refractivity contribution in [2.24, 2.45) is 0 Å². The Balaban J connectivity index is 0.983. The normalized spacial score (nSPS) is 12.0. The number of halogens is 4. The molecule has 0 aromatic heterocycles. The summed E-state index contributed by atoms with van der Waals surface area (Å²) in [7, 11) is 0. The molecule has 0 amide bonds. The summed E-state index contributed by atoms with van der Waals surface area (Å²) in [6.45, 7) is -1.01. The highest BCUT2D eigenvalue weighted by Gasteiger charge is 2.33. The zero-order chi connectivity index (χ0) is 59.9. The Bertz CT molecular complexity index is 5420. The topological polar surface area (TPSA) is 0 Å². The van der Waals surface area contributed by atoms with Gasteiger partial charge < -0.3 is 0 Å². The van der Waals surface area contributed by atoms with E-state index in [1.165, 1.54) is 36.4 Å². The third-order valence-corrected chi connectivity index (χ3v) is 19.3. The molecule has 0 aliphatic carbocycles. The average Bonchev–Trinajstić information content (AvgIpc) is 0.709. The van der Waals surface area contributed by atoms with Gasteiger partial charge in [-0.15, -0.1) is 0 Å².